The molecule has 3 atom stereocenters. The molecule has 0 bridgehead atoms. The second-order valence-electron chi connectivity index (χ2n) is 9.14. The van der Waals surface area contributed by atoms with Crippen LogP contribution in [0, 0.1) is 29.0 Å². The van der Waals surface area contributed by atoms with Gasteiger partial charge in [-0.15, -0.1) is 0 Å². The number of fused-ring (bicyclic) bond motifs is 1. The van der Waals surface area contributed by atoms with Crippen molar-refractivity contribution in [3.63, 3.8) is 0 Å². The minimum absolute atomic E-state index is 0.0869. The smallest absolute Gasteiger partial charge is 0.217 e. The lowest BCUT2D eigenvalue weighted by atomic mass is 9.67. The molecule has 2 aromatic rings. The SMILES string of the molecule is CC(=O)NC(C#Cc1ccccn1)C[C@H]1CCC2=CC(=Nc3ccc(F)cc3)C(=CN)C[C@@]21C. The maximum absolute atomic E-state index is 13.3. The van der Waals surface area contributed by atoms with E-state index in [4.69, 9.17) is 10.7 Å². The summed E-state index contributed by atoms with van der Waals surface area (Å²) >= 11 is 0. The lowest BCUT2D eigenvalue weighted by molar-refractivity contribution is -0.119. The number of hydrogen-bond donors (Lipinski definition) is 2. The number of carbonyl (C=O) groups excluding carboxylic acids is 1. The second kappa shape index (κ2) is 10.0. The van der Waals surface area contributed by atoms with Crippen LogP contribution in [0.2, 0.25) is 0 Å². The van der Waals surface area contributed by atoms with Gasteiger partial charge in [0.2, 0.25) is 5.91 Å². The molecule has 1 amide bonds. The molecule has 1 aromatic carbocycles. The van der Waals surface area contributed by atoms with E-state index in [2.05, 4.69) is 35.1 Å². The van der Waals surface area contributed by atoms with Crippen LogP contribution in [0.4, 0.5) is 10.1 Å². The van der Waals surface area contributed by atoms with Crippen LogP contribution in [-0.2, 0) is 4.79 Å². The molecule has 6 heteroatoms. The van der Waals surface area contributed by atoms with Crippen LogP contribution in [0.15, 0.2) is 77.1 Å². The Labute approximate surface area is 200 Å². The van der Waals surface area contributed by atoms with E-state index in [0.717, 1.165) is 37.0 Å². The van der Waals surface area contributed by atoms with Gasteiger partial charge in [0.05, 0.1) is 17.4 Å². The van der Waals surface area contributed by atoms with E-state index in [0.29, 0.717) is 17.3 Å². The molecule has 1 aromatic heterocycles. The molecule has 0 spiro atoms. The zero-order valence-corrected chi connectivity index (χ0v) is 19.5. The number of carbonyl (C=O) groups is 1. The van der Waals surface area contributed by atoms with Crippen molar-refractivity contribution in [2.24, 2.45) is 22.1 Å². The number of nitrogens with two attached hydrogens (primary N) is 1. The van der Waals surface area contributed by atoms with Crippen LogP contribution in [0.3, 0.4) is 0 Å². The topological polar surface area (TPSA) is 80.4 Å². The van der Waals surface area contributed by atoms with Gasteiger partial charge in [0.25, 0.3) is 0 Å². The van der Waals surface area contributed by atoms with E-state index in [-0.39, 0.29) is 23.2 Å². The Morgan fingerprint density at radius 1 is 1.35 bits per heavy atom. The number of pyridine rings is 1. The quantitative estimate of drug-likeness (QED) is 0.647. The molecule has 0 saturated heterocycles. The number of aromatic nitrogens is 1. The summed E-state index contributed by atoms with van der Waals surface area (Å²) < 4.78 is 13.3. The van der Waals surface area contributed by atoms with E-state index in [1.807, 2.05) is 18.2 Å². The summed E-state index contributed by atoms with van der Waals surface area (Å²) in [6.07, 6.45) is 8.95. The Morgan fingerprint density at radius 3 is 2.82 bits per heavy atom. The Kier molecular flexibility index (Phi) is 6.93. The first kappa shape index (κ1) is 23.4. The van der Waals surface area contributed by atoms with Gasteiger partial charge in [-0.05, 0) is 97.2 Å². The molecule has 1 unspecified atom stereocenters. The first-order valence-corrected chi connectivity index (χ1v) is 11.5. The fourth-order valence-corrected chi connectivity index (χ4v) is 5.00. The largest absolute Gasteiger partial charge is 0.404 e. The molecule has 5 nitrogen and oxygen atoms in total. The summed E-state index contributed by atoms with van der Waals surface area (Å²) in [5.74, 6) is 6.27. The van der Waals surface area contributed by atoms with Gasteiger partial charge in [-0.1, -0.05) is 24.5 Å². The number of halogens is 1. The molecule has 2 aliphatic carbocycles. The molecule has 0 radical (unpaired) electrons. The minimum atomic E-state index is -0.286. The first-order valence-electron chi connectivity index (χ1n) is 11.5. The lowest BCUT2D eigenvalue weighted by Gasteiger charge is -2.38. The fraction of sp³-hybridized carbons (Fsp3) is 0.321. The average molecular weight is 457 g/mol. The Balaban J connectivity index is 1.59. The summed E-state index contributed by atoms with van der Waals surface area (Å²) in [6.45, 7) is 3.79. The van der Waals surface area contributed by atoms with Gasteiger partial charge in [-0.25, -0.2) is 14.4 Å². The number of hydrogen-bond acceptors (Lipinski definition) is 4. The standard InChI is InChI=1S/C28H29FN4O/c1-19(34)32-26(13-12-24-5-3-4-14-31-24)15-21-6-7-22-16-27(20(18-30)17-28(21,22)2)33-25-10-8-23(29)9-11-25/h3-5,8-11,14,16,18,21,26H,6-7,15,17,30H2,1-2H3,(H,32,34)/t21-,26?,28-/m1/s1. The highest BCUT2D eigenvalue weighted by molar-refractivity contribution is 6.11. The Hall–Kier alpha value is -3.72. The van der Waals surface area contributed by atoms with Crippen molar-refractivity contribution in [1.29, 1.82) is 0 Å². The molecule has 34 heavy (non-hydrogen) atoms. The van der Waals surface area contributed by atoms with Gasteiger partial charge < -0.3 is 11.1 Å². The van der Waals surface area contributed by atoms with Gasteiger partial charge in [-0.2, -0.15) is 0 Å². The highest BCUT2D eigenvalue weighted by Gasteiger charge is 2.46. The molecule has 0 aliphatic heterocycles. The number of benzene rings is 1. The van der Waals surface area contributed by atoms with E-state index >= 15 is 0 Å². The van der Waals surface area contributed by atoms with Crippen LogP contribution in [-0.4, -0.2) is 22.6 Å². The molecule has 2 aliphatic rings. The van der Waals surface area contributed by atoms with Crippen molar-refractivity contribution in [3.8, 4) is 11.8 Å². The van der Waals surface area contributed by atoms with Crippen molar-refractivity contribution in [2.45, 2.75) is 45.6 Å². The molecular weight excluding hydrogens is 427 g/mol. The molecule has 1 fully saturated rings. The Bertz CT molecular complexity index is 1200. The van der Waals surface area contributed by atoms with Crippen LogP contribution in [0.25, 0.3) is 0 Å². The summed E-state index contributed by atoms with van der Waals surface area (Å²) in [5.41, 5.74) is 10.4. The van der Waals surface area contributed by atoms with Gasteiger partial charge >= 0.3 is 0 Å². The van der Waals surface area contributed by atoms with Gasteiger partial charge in [0, 0.05) is 13.1 Å². The highest BCUT2D eigenvalue weighted by Crippen LogP contribution is 2.55. The monoisotopic (exact) mass is 456 g/mol. The molecule has 4 rings (SSSR count). The zero-order chi connectivity index (χ0) is 24.1. The number of aliphatic imine (C=N–C) groups is 1. The summed E-state index contributed by atoms with van der Waals surface area (Å²) in [7, 11) is 0. The number of allylic oxidation sites excluding steroid dienone is 3. The van der Waals surface area contributed by atoms with Gasteiger partial charge in [0.1, 0.15) is 11.5 Å². The summed E-state index contributed by atoms with van der Waals surface area (Å²) in [6, 6.07) is 11.5. The van der Waals surface area contributed by atoms with E-state index < -0.39 is 0 Å². The van der Waals surface area contributed by atoms with Crippen molar-refractivity contribution in [2.75, 3.05) is 0 Å². The average Bonchev–Trinajstić information content (AvgIpc) is 3.13. The van der Waals surface area contributed by atoms with Gasteiger partial charge in [-0.3, -0.25) is 4.79 Å². The third-order valence-electron chi connectivity index (χ3n) is 6.81. The minimum Gasteiger partial charge on any atom is -0.404 e. The van der Waals surface area contributed by atoms with Gasteiger partial charge in [0.15, 0.2) is 0 Å². The third-order valence-corrected chi connectivity index (χ3v) is 6.81. The second-order valence-corrected chi connectivity index (χ2v) is 9.14. The lowest BCUT2D eigenvalue weighted by Crippen LogP contribution is -2.37. The predicted molar refractivity (Wildman–Crippen MR) is 133 cm³/mol. The maximum atomic E-state index is 13.3. The molecular formula is C28H29FN4O. The molecule has 3 N–H and O–H groups in total. The predicted octanol–water partition coefficient (Wildman–Crippen LogP) is 4.83. The van der Waals surface area contributed by atoms with Crippen LogP contribution >= 0.6 is 0 Å². The van der Waals surface area contributed by atoms with Crippen LogP contribution in [0.5, 0.6) is 0 Å². The van der Waals surface area contributed by atoms with Crippen molar-refractivity contribution < 1.29 is 9.18 Å². The molecule has 1 saturated carbocycles. The number of amides is 1. The zero-order valence-electron chi connectivity index (χ0n) is 19.5. The van der Waals surface area contributed by atoms with Crippen LogP contribution in [0.1, 0.15) is 45.2 Å². The molecule has 1 heterocycles. The maximum Gasteiger partial charge on any atom is 0.217 e. The van der Waals surface area contributed by atoms with E-state index in [1.54, 1.807) is 24.5 Å². The third kappa shape index (κ3) is 5.26. The normalized spacial score (nSPS) is 24.7. The first-order chi connectivity index (χ1) is 16.4. The van der Waals surface area contributed by atoms with Crippen molar-refractivity contribution in [3.05, 3.63) is 83.6 Å². The summed E-state index contributed by atoms with van der Waals surface area (Å²) in [5, 5.41) is 3.01. The summed E-state index contributed by atoms with van der Waals surface area (Å²) in [4.78, 5) is 20.9. The number of nitrogens with one attached hydrogen (secondary N) is 1. The Morgan fingerprint density at radius 2 is 2.15 bits per heavy atom. The number of nitrogens with zero attached hydrogens (tertiary/aromatic N) is 2. The molecule has 174 valence electrons. The van der Waals surface area contributed by atoms with E-state index in [1.165, 1.54) is 24.6 Å². The number of rotatable bonds is 4. The fourth-order valence-electron chi connectivity index (χ4n) is 5.00. The van der Waals surface area contributed by atoms with Crippen molar-refractivity contribution >= 4 is 17.3 Å². The van der Waals surface area contributed by atoms with E-state index in [9.17, 15) is 9.18 Å². The van der Waals surface area contributed by atoms with Crippen molar-refractivity contribution in [1.82, 2.24) is 10.3 Å². The van der Waals surface area contributed by atoms with Crippen LogP contribution < -0.4 is 11.1 Å². The highest BCUT2D eigenvalue weighted by atomic mass is 19.1.